The molecule has 0 bridgehead atoms. The van der Waals surface area contributed by atoms with Crippen LogP contribution in [0.15, 0.2) is 0 Å². The van der Waals surface area contributed by atoms with Crippen molar-refractivity contribution in [1.82, 2.24) is 4.98 Å². The highest BCUT2D eigenvalue weighted by Crippen LogP contribution is 2.36. The Balaban J connectivity index is 2.11. The van der Waals surface area contributed by atoms with E-state index < -0.39 is 0 Å². The lowest BCUT2D eigenvalue weighted by molar-refractivity contribution is 0.153. The van der Waals surface area contributed by atoms with Crippen LogP contribution in [0.5, 0.6) is 0 Å². The summed E-state index contributed by atoms with van der Waals surface area (Å²) >= 11 is 1.70. The van der Waals surface area contributed by atoms with Crippen LogP contribution in [0.2, 0.25) is 0 Å². The number of aryl methyl sites for hydroxylation is 1. The molecule has 0 amide bonds. The van der Waals surface area contributed by atoms with Crippen LogP contribution >= 0.6 is 11.3 Å². The number of likely N-dealkylation sites (N-methyl/N-ethyl adjacent to an activating group) is 1. The fraction of sp³-hybridized carbons (Fsp3) is 0.727. The molecule has 1 aliphatic carbocycles. The molecule has 0 fully saturated rings. The first kappa shape index (κ1) is 11.8. The minimum Gasteiger partial charge on any atom is -0.387 e. The number of hydrogen-bond acceptors (Lipinski definition) is 5. The highest BCUT2D eigenvalue weighted by atomic mass is 32.1. The Morgan fingerprint density at radius 3 is 3.12 bits per heavy atom. The second kappa shape index (κ2) is 5.12. The van der Waals surface area contributed by atoms with Crippen molar-refractivity contribution >= 4 is 16.5 Å². The summed E-state index contributed by atoms with van der Waals surface area (Å²) in [4.78, 5) is 7.85. The van der Waals surface area contributed by atoms with Crippen molar-refractivity contribution in [2.24, 2.45) is 0 Å². The highest BCUT2D eigenvalue weighted by Gasteiger charge is 2.23. The number of rotatable bonds is 4. The molecule has 0 saturated carbocycles. The molecule has 5 heteroatoms. The summed E-state index contributed by atoms with van der Waals surface area (Å²) in [5.74, 6) is 0. The molecule has 2 rings (SSSR count). The number of anilines is 1. The molecule has 1 atom stereocenters. The van der Waals surface area contributed by atoms with Gasteiger partial charge in [0.1, 0.15) is 0 Å². The lowest BCUT2D eigenvalue weighted by atomic mass is 10.0. The first-order chi connectivity index (χ1) is 7.72. The molecule has 0 saturated heterocycles. The van der Waals surface area contributed by atoms with Crippen LogP contribution in [0.25, 0.3) is 0 Å². The first-order valence-electron chi connectivity index (χ1n) is 5.60. The average Bonchev–Trinajstić information content (AvgIpc) is 2.71. The number of aliphatic hydroxyl groups is 1. The molecule has 1 heterocycles. The van der Waals surface area contributed by atoms with Gasteiger partial charge in [-0.15, -0.1) is 11.3 Å². The number of ether oxygens (including phenoxy) is 1. The lowest BCUT2D eigenvalue weighted by Gasteiger charge is -2.15. The van der Waals surface area contributed by atoms with E-state index in [-0.39, 0.29) is 6.10 Å². The van der Waals surface area contributed by atoms with Gasteiger partial charge in [0.15, 0.2) is 5.13 Å². The predicted molar refractivity (Wildman–Crippen MR) is 65.2 cm³/mol. The molecule has 16 heavy (non-hydrogen) atoms. The largest absolute Gasteiger partial charge is 0.387 e. The maximum absolute atomic E-state index is 9.83. The normalized spacial score (nSPS) is 19.6. The molecule has 1 aromatic rings. The predicted octanol–water partition coefficient (Wildman–Crippen LogP) is 1.60. The minimum atomic E-state index is -0.357. The summed E-state index contributed by atoms with van der Waals surface area (Å²) < 4.78 is 5.04. The highest BCUT2D eigenvalue weighted by molar-refractivity contribution is 7.15. The monoisotopic (exact) mass is 242 g/mol. The van der Waals surface area contributed by atoms with Gasteiger partial charge >= 0.3 is 0 Å². The molecular weight excluding hydrogens is 224 g/mol. The van der Waals surface area contributed by atoms with E-state index in [4.69, 9.17) is 4.74 Å². The van der Waals surface area contributed by atoms with E-state index in [1.54, 1.807) is 18.4 Å². The van der Waals surface area contributed by atoms with Crippen molar-refractivity contribution < 1.29 is 9.84 Å². The lowest BCUT2D eigenvalue weighted by Crippen LogP contribution is -2.21. The summed E-state index contributed by atoms with van der Waals surface area (Å²) in [7, 11) is 3.71. The molecular formula is C11H18N2O2S. The van der Waals surface area contributed by atoms with Gasteiger partial charge in [-0.2, -0.15) is 0 Å². The van der Waals surface area contributed by atoms with E-state index in [2.05, 4.69) is 9.88 Å². The van der Waals surface area contributed by atoms with Crippen molar-refractivity contribution in [1.29, 1.82) is 0 Å². The smallest absolute Gasteiger partial charge is 0.185 e. The molecule has 4 nitrogen and oxygen atoms in total. The van der Waals surface area contributed by atoms with Crippen molar-refractivity contribution in [3.8, 4) is 0 Å². The fourth-order valence-electron chi connectivity index (χ4n) is 1.87. The van der Waals surface area contributed by atoms with Gasteiger partial charge in [-0.25, -0.2) is 4.98 Å². The van der Waals surface area contributed by atoms with Gasteiger partial charge in [0.05, 0.1) is 18.4 Å². The Kier molecular flexibility index (Phi) is 3.78. The van der Waals surface area contributed by atoms with Gasteiger partial charge < -0.3 is 14.7 Å². The Hall–Kier alpha value is -0.650. The number of nitrogens with zero attached hydrogens (tertiary/aromatic N) is 2. The number of hydrogen-bond donors (Lipinski definition) is 1. The molecule has 0 spiro atoms. The van der Waals surface area contributed by atoms with Crippen LogP contribution in [0, 0.1) is 0 Å². The van der Waals surface area contributed by atoms with Crippen LogP contribution in [0.1, 0.15) is 29.5 Å². The number of methoxy groups -OCH3 is 1. The number of aliphatic hydroxyl groups excluding tert-OH is 1. The van der Waals surface area contributed by atoms with Gasteiger partial charge in [0.25, 0.3) is 0 Å². The minimum absolute atomic E-state index is 0.357. The SMILES string of the molecule is COCCN(C)c1nc2c(s1)CCCC2O. The van der Waals surface area contributed by atoms with Crippen LogP contribution in [-0.2, 0) is 11.2 Å². The van der Waals surface area contributed by atoms with Crippen molar-refractivity contribution in [3.05, 3.63) is 10.6 Å². The molecule has 0 aromatic carbocycles. The second-order valence-corrected chi connectivity index (χ2v) is 5.19. The summed E-state index contributed by atoms with van der Waals surface area (Å²) in [5.41, 5.74) is 0.899. The maximum atomic E-state index is 9.83. The molecule has 0 aliphatic heterocycles. The summed E-state index contributed by atoms with van der Waals surface area (Å²) in [6.07, 6.45) is 2.61. The Bertz CT molecular complexity index is 354. The van der Waals surface area contributed by atoms with Crippen molar-refractivity contribution in [2.75, 3.05) is 32.2 Å². The summed E-state index contributed by atoms with van der Waals surface area (Å²) in [6, 6.07) is 0. The Labute approximate surface area is 99.9 Å². The Morgan fingerprint density at radius 2 is 2.44 bits per heavy atom. The zero-order valence-corrected chi connectivity index (χ0v) is 10.6. The number of aromatic nitrogens is 1. The molecule has 0 radical (unpaired) electrons. The molecule has 90 valence electrons. The first-order valence-corrected chi connectivity index (χ1v) is 6.41. The zero-order valence-electron chi connectivity index (χ0n) is 9.77. The van der Waals surface area contributed by atoms with Crippen LogP contribution in [0.4, 0.5) is 5.13 Å². The molecule has 1 N–H and O–H groups in total. The third-order valence-corrected chi connectivity index (χ3v) is 4.12. The van der Waals surface area contributed by atoms with Gasteiger partial charge in [-0.05, 0) is 19.3 Å². The van der Waals surface area contributed by atoms with Gasteiger partial charge in [0, 0.05) is 25.6 Å². The summed E-state index contributed by atoms with van der Waals surface area (Å²) in [6.45, 7) is 1.53. The van der Waals surface area contributed by atoms with E-state index in [1.165, 1.54) is 4.88 Å². The second-order valence-electron chi connectivity index (χ2n) is 4.13. The van der Waals surface area contributed by atoms with Crippen LogP contribution in [-0.4, -0.2) is 37.4 Å². The van der Waals surface area contributed by atoms with Gasteiger partial charge in [-0.3, -0.25) is 0 Å². The van der Waals surface area contributed by atoms with E-state index in [9.17, 15) is 5.11 Å². The van der Waals surface area contributed by atoms with Crippen LogP contribution < -0.4 is 4.90 Å². The van der Waals surface area contributed by atoms with Gasteiger partial charge in [-0.1, -0.05) is 0 Å². The van der Waals surface area contributed by atoms with E-state index in [0.717, 1.165) is 36.6 Å². The van der Waals surface area contributed by atoms with Crippen molar-refractivity contribution in [3.63, 3.8) is 0 Å². The standard InChI is InChI=1S/C11H18N2O2S/c1-13(6-7-15-2)11-12-10-8(14)4-3-5-9(10)16-11/h8,14H,3-7H2,1-2H3. The third kappa shape index (κ3) is 2.36. The van der Waals surface area contributed by atoms with E-state index >= 15 is 0 Å². The number of thiazole rings is 1. The summed E-state index contributed by atoms with van der Waals surface area (Å²) in [5, 5.41) is 10.8. The van der Waals surface area contributed by atoms with E-state index in [1.807, 2.05) is 7.05 Å². The fourth-order valence-corrected chi connectivity index (χ4v) is 3.01. The van der Waals surface area contributed by atoms with Crippen LogP contribution in [0.3, 0.4) is 0 Å². The molecule has 1 unspecified atom stereocenters. The quantitative estimate of drug-likeness (QED) is 0.871. The van der Waals surface area contributed by atoms with Crippen molar-refractivity contribution in [2.45, 2.75) is 25.4 Å². The topological polar surface area (TPSA) is 45.6 Å². The average molecular weight is 242 g/mol. The number of fused-ring (bicyclic) bond motifs is 1. The zero-order chi connectivity index (χ0) is 11.5. The third-order valence-electron chi connectivity index (χ3n) is 2.87. The Morgan fingerprint density at radius 1 is 1.62 bits per heavy atom. The maximum Gasteiger partial charge on any atom is 0.185 e. The molecule has 1 aromatic heterocycles. The van der Waals surface area contributed by atoms with Gasteiger partial charge in [0.2, 0.25) is 0 Å². The molecule has 1 aliphatic rings. The van der Waals surface area contributed by atoms with E-state index in [0.29, 0.717) is 6.61 Å².